The van der Waals surface area contributed by atoms with Gasteiger partial charge in [-0.15, -0.1) is 0 Å². The monoisotopic (exact) mass is 321 g/mol. The molecule has 1 aliphatic heterocycles. The minimum atomic E-state index is -3.53. The third-order valence-electron chi connectivity index (χ3n) is 4.13. The Morgan fingerprint density at radius 2 is 1.86 bits per heavy atom. The number of carbonyl (C=O) groups excluding carboxylic acids is 1. The number of likely N-dealkylation sites (tertiary alicyclic amines) is 1. The Morgan fingerprint density at radius 3 is 2.33 bits per heavy atom. The van der Waals surface area contributed by atoms with Gasteiger partial charge in [0, 0.05) is 26.7 Å². The second-order valence-electron chi connectivity index (χ2n) is 5.34. The van der Waals surface area contributed by atoms with Crippen LogP contribution in [0.2, 0.25) is 0 Å². The van der Waals surface area contributed by atoms with Crippen molar-refractivity contribution < 1.29 is 17.9 Å². The molecular formula is C13H27N3O4S. The molecule has 124 valence electrons. The highest BCUT2D eigenvalue weighted by molar-refractivity contribution is 7.86. The zero-order chi connectivity index (χ0) is 16.0. The van der Waals surface area contributed by atoms with E-state index in [-0.39, 0.29) is 19.0 Å². The molecule has 1 saturated heterocycles. The third kappa shape index (κ3) is 4.91. The topological polar surface area (TPSA) is 70.2 Å². The first-order chi connectivity index (χ1) is 9.82. The zero-order valence-corrected chi connectivity index (χ0v) is 14.2. The second-order valence-corrected chi connectivity index (χ2v) is 7.43. The van der Waals surface area contributed by atoms with E-state index in [4.69, 9.17) is 0 Å². The molecule has 0 aliphatic carbocycles. The third-order valence-corrected chi connectivity index (χ3v) is 6.13. The molecule has 1 heterocycles. The largest absolute Gasteiger partial charge is 0.469 e. The van der Waals surface area contributed by atoms with Crippen LogP contribution in [-0.4, -0.2) is 81.3 Å². The zero-order valence-electron chi connectivity index (χ0n) is 13.4. The van der Waals surface area contributed by atoms with Crippen molar-refractivity contribution in [2.24, 2.45) is 0 Å². The van der Waals surface area contributed by atoms with Crippen LogP contribution in [0.15, 0.2) is 0 Å². The molecule has 0 N–H and O–H groups in total. The fourth-order valence-corrected chi connectivity index (χ4v) is 3.82. The van der Waals surface area contributed by atoms with E-state index in [1.807, 2.05) is 0 Å². The van der Waals surface area contributed by atoms with Crippen molar-refractivity contribution in [3.63, 3.8) is 0 Å². The Hall–Kier alpha value is -0.700. The standard InChI is InChI=1S/C13H27N3O4S/c1-5-16-10-6-12(7-11-16)15(3)21(18,19)14(2)9-8-13(17)20-4/h12H,5-11H2,1-4H3. The van der Waals surface area contributed by atoms with Gasteiger partial charge in [-0.1, -0.05) is 6.92 Å². The minimum Gasteiger partial charge on any atom is -0.469 e. The van der Waals surface area contributed by atoms with Gasteiger partial charge in [-0.05, 0) is 32.5 Å². The average Bonchev–Trinajstić information content (AvgIpc) is 2.51. The summed E-state index contributed by atoms with van der Waals surface area (Å²) in [6.07, 6.45) is 1.75. The van der Waals surface area contributed by atoms with Crippen LogP contribution in [0.1, 0.15) is 26.2 Å². The lowest BCUT2D eigenvalue weighted by Crippen LogP contribution is -2.49. The summed E-state index contributed by atoms with van der Waals surface area (Å²) in [4.78, 5) is 13.4. The maximum Gasteiger partial charge on any atom is 0.306 e. The lowest BCUT2D eigenvalue weighted by molar-refractivity contribution is -0.140. The number of carbonyl (C=O) groups is 1. The fourth-order valence-electron chi connectivity index (χ4n) is 2.47. The number of hydrogen-bond donors (Lipinski definition) is 0. The Kier molecular flexibility index (Phi) is 7.05. The Balaban J connectivity index is 2.58. The molecule has 7 nitrogen and oxygen atoms in total. The molecule has 1 fully saturated rings. The van der Waals surface area contributed by atoms with Crippen molar-refractivity contribution in [2.45, 2.75) is 32.2 Å². The van der Waals surface area contributed by atoms with Crippen molar-refractivity contribution in [3.8, 4) is 0 Å². The van der Waals surface area contributed by atoms with Gasteiger partial charge in [0.1, 0.15) is 0 Å². The van der Waals surface area contributed by atoms with Crippen LogP contribution in [0.4, 0.5) is 0 Å². The number of ether oxygens (including phenoxy) is 1. The summed E-state index contributed by atoms with van der Waals surface area (Å²) >= 11 is 0. The first-order valence-electron chi connectivity index (χ1n) is 7.31. The van der Waals surface area contributed by atoms with Gasteiger partial charge >= 0.3 is 5.97 Å². The lowest BCUT2D eigenvalue weighted by Gasteiger charge is -2.37. The molecular weight excluding hydrogens is 294 g/mol. The van der Waals surface area contributed by atoms with Gasteiger partial charge in [-0.3, -0.25) is 4.79 Å². The highest BCUT2D eigenvalue weighted by Crippen LogP contribution is 2.19. The van der Waals surface area contributed by atoms with Gasteiger partial charge in [0.25, 0.3) is 10.2 Å². The fraction of sp³-hybridized carbons (Fsp3) is 0.923. The molecule has 0 spiro atoms. The van der Waals surface area contributed by atoms with Gasteiger partial charge in [-0.25, -0.2) is 0 Å². The van der Waals surface area contributed by atoms with E-state index in [9.17, 15) is 13.2 Å². The summed E-state index contributed by atoms with van der Waals surface area (Å²) in [5, 5.41) is 0. The quantitative estimate of drug-likeness (QED) is 0.624. The lowest BCUT2D eigenvalue weighted by atomic mass is 10.1. The Bertz CT molecular complexity index is 433. The van der Waals surface area contributed by atoms with E-state index < -0.39 is 16.2 Å². The molecule has 0 aromatic heterocycles. The van der Waals surface area contributed by atoms with Crippen molar-refractivity contribution >= 4 is 16.2 Å². The number of hydrogen-bond acceptors (Lipinski definition) is 5. The van der Waals surface area contributed by atoms with Gasteiger partial charge in [0.15, 0.2) is 0 Å². The molecule has 0 aromatic rings. The van der Waals surface area contributed by atoms with Gasteiger partial charge in [0.05, 0.1) is 13.5 Å². The number of methoxy groups -OCH3 is 1. The number of piperidine rings is 1. The molecule has 0 aromatic carbocycles. The van der Waals surface area contributed by atoms with Crippen molar-refractivity contribution in [1.29, 1.82) is 0 Å². The smallest absolute Gasteiger partial charge is 0.306 e. The van der Waals surface area contributed by atoms with Crippen molar-refractivity contribution in [1.82, 2.24) is 13.5 Å². The van der Waals surface area contributed by atoms with Gasteiger partial charge in [0.2, 0.25) is 0 Å². The van der Waals surface area contributed by atoms with E-state index >= 15 is 0 Å². The molecule has 8 heteroatoms. The second kappa shape index (κ2) is 8.07. The normalized spacial score (nSPS) is 18.4. The van der Waals surface area contributed by atoms with E-state index in [1.54, 1.807) is 7.05 Å². The molecule has 0 amide bonds. The Labute approximate surface area is 128 Å². The molecule has 0 saturated carbocycles. The molecule has 1 aliphatic rings. The van der Waals surface area contributed by atoms with E-state index in [2.05, 4.69) is 16.6 Å². The van der Waals surface area contributed by atoms with Crippen molar-refractivity contribution in [3.05, 3.63) is 0 Å². The van der Waals surface area contributed by atoms with E-state index in [0.29, 0.717) is 0 Å². The molecule has 0 bridgehead atoms. The first kappa shape index (κ1) is 18.3. The molecule has 0 unspecified atom stereocenters. The highest BCUT2D eigenvalue weighted by atomic mass is 32.2. The minimum absolute atomic E-state index is 0.0263. The van der Waals surface area contributed by atoms with Crippen LogP contribution in [0.3, 0.4) is 0 Å². The molecule has 21 heavy (non-hydrogen) atoms. The summed E-state index contributed by atoms with van der Waals surface area (Å²) in [6.45, 7) is 5.09. The van der Waals surface area contributed by atoms with Crippen LogP contribution in [-0.2, 0) is 19.7 Å². The van der Waals surface area contributed by atoms with Crippen LogP contribution >= 0.6 is 0 Å². The molecule has 0 radical (unpaired) electrons. The summed E-state index contributed by atoms with van der Waals surface area (Å²) in [7, 11) is 0.887. The first-order valence-corrected chi connectivity index (χ1v) is 8.71. The van der Waals surface area contributed by atoms with Crippen LogP contribution < -0.4 is 0 Å². The maximum atomic E-state index is 12.5. The summed E-state index contributed by atoms with van der Waals surface area (Å²) in [5.74, 6) is -0.407. The number of nitrogens with zero attached hydrogens (tertiary/aromatic N) is 3. The predicted octanol–water partition coefficient (Wildman–Crippen LogP) is 0.142. The predicted molar refractivity (Wildman–Crippen MR) is 81.1 cm³/mol. The van der Waals surface area contributed by atoms with Crippen LogP contribution in [0, 0.1) is 0 Å². The highest BCUT2D eigenvalue weighted by Gasteiger charge is 2.32. The summed E-state index contributed by atoms with van der Waals surface area (Å²) < 4.78 is 32.1. The Morgan fingerprint density at radius 1 is 1.29 bits per heavy atom. The SMILES string of the molecule is CCN1CCC(N(C)S(=O)(=O)N(C)CCC(=O)OC)CC1. The van der Waals surface area contributed by atoms with E-state index in [1.165, 1.54) is 22.8 Å². The maximum absolute atomic E-state index is 12.5. The summed E-state index contributed by atoms with van der Waals surface area (Å²) in [5.41, 5.74) is 0. The van der Waals surface area contributed by atoms with Crippen molar-refractivity contribution in [2.75, 3.05) is 47.4 Å². The van der Waals surface area contributed by atoms with Crippen LogP contribution in [0.5, 0.6) is 0 Å². The van der Waals surface area contributed by atoms with Gasteiger partial charge in [-0.2, -0.15) is 17.0 Å². The number of esters is 1. The summed E-state index contributed by atoms with van der Waals surface area (Å²) in [6, 6.07) is 0.0263. The molecule has 1 rings (SSSR count). The van der Waals surface area contributed by atoms with Crippen LogP contribution in [0.25, 0.3) is 0 Å². The molecule has 0 atom stereocenters. The van der Waals surface area contributed by atoms with Gasteiger partial charge < -0.3 is 9.64 Å². The average molecular weight is 321 g/mol. The number of rotatable bonds is 7. The van der Waals surface area contributed by atoms with E-state index in [0.717, 1.165) is 32.5 Å².